The van der Waals surface area contributed by atoms with Crippen LogP contribution in [0.3, 0.4) is 0 Å². The molecule has 0 aliphatic heterocycles. The molecule has 0 rings (SSSR count). The van der Waals surface area contributed by atoms with Gasteiger partial charge in [-0.05, 0) is 5.92 Å². The van der Waals surface area contributed by atoms with E-state index in [9.17, 15) is 0 Å². The first kappa shape index (κ1) is 14.5. The van der Waals surface area contributed by atoms with Gasteiger partial charge in [-0.1, -0.05) is 73.1 Å². The summed E-state index contributed by atoms with van der Waals surface area (Å²) >= 11 is 0. The highest BCUT2D eigenvalue weighted by atomic mass is 14.0. The Morgan fingerprint density at radius 1 is 0.833 bits per heavy atom. The van der Waals surface area contributed by atoms with E-state index in [1.807, 2.05) is 0 Å². The molecular formula is C12H28. The Kier molecular flexibility index (Phi) is 16.4. The minimum atomic E-state index is 0.954. The lowest BCUT2D eigenvalue weighted by atomic mass is 10.0. The van der Waals surface area contributed by atoms with Crippen molar-refractivity contribution in [3.05, 3.63) is 0 Å². The van der Waals surface area contributed by atoms with Crippen molar-refractivity contribution in [3.63, 3.8) is 0 Å². The molecule has 0 bridgehead atoms. The van der Waals surface area contributed by atoms with Crippen LogP contribution in [-0.4, -0.2) is 0 Å². The molecule has 0 spiro atoms. The first-order valence-corrected chi connectivity index (χ1v) is 5.72. The lowest BCUT2D eigenvalue weighted by Gasteiger charge is -2.04. The summed E-state index contributed by atoms with van der Waals surface area (Å²) in [6.45, 7) is 11.2. The van der Waals surface area contributed by atoms with E-state index in [-0.39, 0.29) is 0 Å². The van der Waals surface area contributed by atoms with Crippen LogP contribution in [0.5, 0.6) is 0 Å². The quantitative estimate of drug-likeness (QED) is 0.545. The van der Waals surface area contributed by atoms with Gasteiger partial charge in [-0.25, -0.2) is 0 Å². The molecule has 0 aliphatic rings. The van der Waals surface area contributed by atoms with Crippen molar-refractivity contribution < 1.29 is 0 Å². The molecule has 0 N–H and O–H groups in total. The normalized spacial score (nSPS) is 11.8. The maximum absolute atomic E-state index is 2.33. The van der Waals surface area contributed by atoms with E-state index in [0.29, 0.717) is 0 Å². The van der Waals surface area contributed by atoms with Crippen LogP contribution in [-0.2, 0) is 0 Å². The molecule has 76 valence electrons. The average Bonchev–Trinajstić information content (AvgIpc) is 2.14. The lowest BCUT2D eigenvalue weighted by molar-refractivity contribution is 0.492. The summed E-state index contributed by atoms with van der Waals surface area (Å²) in [5.41, 5.74) is 0. The predicted octanol–water partition coefficient (Wildman–Crippen LogP) is 5.03. The van der Waals surface area contributed by atoms with Gasteiger partial charge in [-0.2, -0.15) is 0 Å². The molecule has 0 saturated heterocycles. The fourth-order valence-corrected chi connectivity index (χ4v) is 0.757. The average molecular weight is 172 g/mol. The third kappa shape index (κ3) is 16.5. The van der Waals surface area contributed by atoms with Crippen LogP contribution in [0.25, 0.3) is 0 Å². The van der Waals surface area contributed by atoms with Crippen LogP contribution in [0.1, 0.15) is 73.1 Å². The molecule has 0 aromatic rings. The summed E-state index contributed by atoms with van der Waals surface area (Å²) in [6, 6.07) is 0. The van der Waals surface area contributed by atoms with Crippen LogP contribution in [0.2, 0.25) is 0 Å². The fourth-order valence-electron chi connectivity index (χ4n) is 0.757. The monoisotopic (exact) mass is 172 g/mol. The molecule has 1 unspecified atom stereocenters. The summed E-state index contributed by atoms with van der Waals surface area (Å²) in [7, 11) is 0. The first-order chi connectivity index (χ1) is 5.72. The topological polar surface area (TPSA) is 0 Å². The van der Waals surface area contributed by atoms with Crippen molar-refractivity contribution >= 4 is 0 Å². The van der Waals surface area contributed by atoms with Crippen LogP contribution in [0.4, 0.5) is 0 Å². The van der Waals surface area contributed by atoms with E-state index in [0.717, 1.165) is 5.92 Å². The van der Waals surface area contributed by atoms with E-state index < -0.39 is 0 Å². The standard InChI is InChI=1S/C8H18.C4H10/c1-4-6-7-8(3)5-2;1-3-4-2/h8H,4-7H2,1-3H3;3-4H2,1-2H3. The van der Waals surface area contributed by atoms with Crippen molar-refractivity contribution in [2.24, 2.45) is 5.92 Å². The second-order valence-electron chi connectivity index (χ2n) is 3.66. The molecule has 1 atom stereocenters. The Morgan fingerprint density at radius 2 is 1.33 bits per heavy atom. The van der Waals surface area contributed by atoms with Crippen LogP contribution >= 0.6 is 0 Å². The zero-order chi connectivity index (χ0) is 9.82. The molecule has 0 radical (unpaired) electrons. The van der Waals surface area contributed by atoms with Crippen molar-refractivity contribution in [3.8, 4) is 0 Å². The van der Waals surface area contributed by atoms with E-state index in [1.54, 1.807) is 0 Å². The van der Waals surface area contributed by atoms with Crippen molar-refractivity contribution in [2.75, 3.05) is 0 Å². The van der Waals surface area contributed by atoms with E-state index >= 15 is 0 Å². The van der Waals surface area contributed by atoms with E-state index in [1.165, 1.54) is 38.5 Å². The summed E-state index contributed by atoms with van der Waals surface area (Å²) < 4.78 is 0. The molecule has 0 amide bonds. The highest BCUT2D eigenvalue weighted by molar-refractivity contribution is 4.47. The summed E-state index contributed by atoms with van der Waals surface area (Å²) in [4.78, 5) is 0. The minimum Gasteiger partial charge on any atom is -0.0654 e. The van der Waals surface area contributed by atoms with Crippen molar-refractivity contribution in [1.29, 1.82) is 0 Å². The molecule has 0 aliphatic carbocycles. The van der Waals surface area contributed by atoms with Gasteiger partial charge in [0.25, 0.3) is 0 Å². The molecular weight excluding hydrogens is 144 g/mol. The minimum absolute atomic E-state index is 0.954. The summed E-state index contributed by atoms with van der Waals surface area (Å²) in [5.74, 6) is 0.954. The second-order valence-corrected chi connectivity index (χ2v) is 3.66. The number of unbranched alkanes of at least 4 members (excludes halogenated alkanes) is 2. The van der Waals surface area contributed by atoms with Gasteiger partial charge in [0, 0.05) is 0 Å². The van der Waals surface area contributed by atoms with Crippen molar-refractivity contribution in [2.45, 2.75) is 73.1 Å². The zero-order valence-electron chi connectivity index (χ0n) is 9.82. The van der Waals surface area contributed by atoms with Crippen LogP contribution in [0.15, 0.2) is 0 Å². The lowest BCUT2D eigenvalue weighted by Crippen LogP contribution is -1.89. The smallest absolute Gasteiger partial charge is 0.0445 e. The first-order valence-electron chi connectivity index (χ1n) is 5.72. The maximum Gasteiger partial charge on any atom is -0.0445 e. The highest BCUT2D eigenvalue weighted by Crippen LogP contribution is 2.09. The van der Waals surface area contributed by atoms with Gasteiger partial charge >= 0.3 is 0 Å². The molecule has 0 nitrogen and oxygen atoms in total. The summed E-state index contributed by atoms with van der Waals surface area (Å²) in [6.07, 6.45) is 8.17. The van der Waals surface area contributed by atoms with Gasteiger partial charge in [-0.15, -0.1) is 0 Å². The number of rotatable bonds is 5. The van der Waals surface area contributed by atoms with Gasteiger partial charge in [0.1, 0.15) is 0 Å². The molecule has 0 heterocycles. The molecule has 0 saturated carbocycles. The fraction of sp³-hybridized carbons (Fsp3) is 1.00. The van der Waals surface area contributed by atoms with Gasteiger partial charge < -0.3 is 0 Å². The molecule has 0 heteroatoms. The molecule has 0 aromatic heterocycles. The Morgan fingerprint density at radius 3 is 1.58 bits per heavy atom. The van der Waals surface area contributed by atoms with Crippen LogP contribution < -0.4 is 0 Å². The second kappa shape index (κ2) is 13.6. The van der Waals surface area contributed by atoms with Crippen LogP contribution in [0, 0.1) is 5.92 Å². The third-order valence-electron chi connectivity index (χ3n) is 2.25. The van der Waals surface area contributed by atoms with E-state index in [4.69, 9.17) is 0 Å². The Bertz CT molecular complexity index is 55.1. The molecule has 12 heavy (non-hydrogen) atoms. The van der Waals surface area contributed by atoms with Gasteiger partial charge in [-0.3, -0.25) is 0 Å². The predicted molar refractivity (Wildman–Crippen MR) is 59.6 cm³/mol. The van der Waals surface area contributed by atoms with Gasteiger partial charge in [0.15, 0.2) is 0 Å². The highest BCUT2D eigenvalue weighted by Gasteiger charge is 1.94. The van der Waals surface area contributed by atoms with Gasteiger partial charge in [0.05, 0.1) is 0 Å². The third-order valence-corrected chi connectivity index (χ3v) is 2.25. The number of hydrogen-bond acceptors (Lipinski definition) is 0. The Balaban J connectivity index is 0. The number of hydrogen-bond donors (Lipinski definition) is 0. The Labute approximate surface area is 79.8 Å². The maximum atomic E-state index is 2.33. The Hall–Kier alpha value is 0. The SMILES string of the molecule is CCCC.CCCCC(C)CC. The molecule has 0 aromatic carbocycles. The summed E-state index contributed by atoms with van der Waals surface area (Å²) in [5, 5.41) is 0. The van der Waals surface area contributed by atoms with Gasteiger partial charge in [0.2, 0.25) is 0 Å². The van der Waals surface area contributed by atoms with E-state index in [2.05, 4.69) is 34.6 Å². The van der Waals surface area contributed by atoms with Crippen molar-refractivity contribution in [1.82, 2.24) is 0 Å². The zero-order valence-corrected chi connectivity index (χ0v) is 9.82. The largest absolute Gasteiger partial charge is 0.0654 e. The molecule has 0 fully saturated rings.